The van der Waals surface area contributed by atoms with E-state index >= 15 is 0 Å². The van der Waals surface area contributed by atoms with Gasteiger partial charge in [-0.3, -0.25) is 0 Å². The van der Waals surface area contributed by atoms with Crippen molar-refractivity contribution in [1.82, 2.24) is 0 Å². The summed E-state index contributed by atoms with van der Waals surface area (Å²) in [5.74, 6) is 1.38. The molecular weight excluding hydrogens is 284 g/mol. The van der Waals surface area contributed by atoms with Crippen LogP contribution >= 0.6 is 12.4 Å². The van der Waals surface area contributed by atoms with Crippen molar-refractivity contribution in [2.45, 2.75) is 78.5 Å². The van der Waals surface area contributed by atoms with Gasteiger partial charge in [0.15, 0.2) is 0 Å². The van der Waals surface area contributed by atoms with Crippen molar-refractivity contribution in [3.8, 4) is 0 Å². The molecule has 4 aliphatic rings. The van der Waals surface area contributed by atoms with Crippen LogP contribution in [0.1, 0.15) is 60.8 Å². The molecule has 3 aliphatic carbocycles. The molecule has 4 fully saturated rings. The van der Waals surface area contributed by atoms with E-state index in [2.05, 4.69) is 41.5 Å². The van der Waals surface area contributed by atoms with E-state index in [1.165, 1.54) is 6.42 Å². The quantitative estimate of drug-likeness (QED) is 0.794. The fraction of sp³-hybridized carbons (Fsp3) is 1.00. The average Bonchev–Trinajstić information content (AvgIpc) is 2.63. The number of hydrogen-bond donors (Lipinski definition) is 1. The van der Waals surface area contributed by atoms with Gasteiger partial charge in [0.2, 0.25) is 0 Å². The van der Waals surface area contributed by atoms with Gasteiger partial charge in [0.1, 0.15) is 0 Å². The van der Waals surface area contributed by atoms with Gasteiger partial charge in [-0.25, -0.2) is 0 Å². The van der Waals surface area contributed by atoms with E-state index in [4.69, 9.17) is 15.0 Å². The first-order valence-corrected chi connectivity index (χ1v) is 8.13. The summed E-state index contributed by atoms with van der Waals surface area (Å²) in [5, 5.41) is 0. The third-order valence-corrected chi connectivity index (χ3v) is 6.17. The zero-order chi connectivity index (χ0) is 14.9. The van der Waals surface area contributed by atoms with E-state index in [0.29, 0.717) is 11.3 Å². The van der Waals surface area contributed by atoms with Crippen LogP contribution < -0.4 is 5.73 Å². The zero-order valence-corrected chi connectivity index (χ0v) is 15.1. The Hall–Kier alpha value is 0.235. The summed E-state index contributed by atoms with van der Waals surface area (Å²) in [4.78, 5) is 0. The average molecular weight is 316 g/mol. The maximum atomic E-state index is 6.40. The molecule has 5 atom stereocenters. The molecule has 2 bridgehead atoms. The second-order valence-electron chi connectivity index (χ2n) is 9.27. The fourth-order valence-electron chi connectivity index (χ4n) is 4.89. The van der Waals surface area contributed by atoms with Gasteiger partial charge in [0.25, 0.3) is 0 Å². The summed E-state index contributed by atoms with van der Waals surface area (Å²) in [5.41, 5.74) is 6.84. The van der Waals surface area contributed by atoms with Gasteiger partial charge in [-0.1, -0.05) is 34.6 Å². The van der Waals surface area contributed by atoms with E-state index < -0.39 is 0 Å². The lowest BCUT2D eigenvalue weighted by Gasteiger charge is -2.64. The Bertz CT molecular complexity index is 412. The molecule has 2 N–H and O–H groups in total. The van der Waals surface area contributed by atoms with Gasteiger partial charge in [0, 0.05) is 5.94 Å². The highest BCUT2D eigenvalue weighted by molar-refractivity contribution is 6.47. The second kappa shape index (κ2) is 5.12. The normalized spacial score (nSPS) is 41.9. The van der Waals surface area contributed by atoms with Gasteiger partial charge in [-0.2, -0.15) is 0 Å². The van der Waals surface area contributed by atoms with Crippen molar-refractivity contribution in [2.75, 3.05) is 0 Å². The third-order valence-electron chi connectivity index (χ3n) is 6.17. The van der Waals surface area contributed by atoms with E-state index in [-0.39, 0.29) is 42.6 Å². The standard InChI is InChI=1S/C16H30BNO2.ClH/c1-14(2,3)9-13(18)17-19-12-8-10-7-11(15(10,4)5)16(12,6)20-17;/h10-13H,7-9,18H2,1-6H3;1H/t10-,11-,12+,13-,16-;/m0./s1. The van der Waals surface area contributed by atoms with Crippen LogP contribution in [0.5, 0.6) is 0 Å². The largest absolute Gasteiger partial charge is 0.475 e. The van der Waals surface area contributed by atoms with Crippen molar-refractivity contribution in [3.63, 3.8) is 0 Å². The first kappa shape index (κ1) is 17.6. The molecular formula is C16H31BClNO2. The highest BCUT2D eigenvalue weighted by Gasteiger charge is 2.68. The van der Waals surface area contributed by atoms with Gasteiger partial charge in [0.05, 0.1) is 11.7 Å². The molecule has 0 aromatic carbocycles. The molecule has 0 amide bonds. The highest BCUT2D eigenvalue weighted by Crippen LogP contribution is 2.65. The van der Waals surface area contributed by atoms with Crippen LogP contribution in [0.15, 0.2) is 0 Å². The fourth-order valence-corrected chi connectivity index (χ4v) is 4.89. The minimum atomic E-state index is -0.223. The summed E-state index contributed by atoms with van der Waals surface area (Å²) in [7, 11) is -0.223. The van der Waals surface area contributed by atoms with E-state index in [1.54, 1.807) is 0 Å². The molecule has 1 aliphatic heterocycles. The minimum absolute atomic E-state index is 0. The summed E-state index contributed by atoms with van der Waals surface area (Å²) in [6.45, 7) is 13.7. The molecule has 1 saturated heterocycles. The Kier molecular flexibility index (Phi) is 4.29. The number of nitrogens with two attached hydrogens (primary N) is 1. The maximum Gasteiger partial charge on any atom is 0.475 e. The first-order valence-electron chi connectivity index (χ1n) is 8.13. The van der Waals surface area contributed by atoms with Gasteiger partial charge < -0.3 is 15.0 Å². The number of hydrogen-bond acceptors (Lipinski definition) is 3. The Morgan fingerprint density at radius 2 is 1.86 bits per heavy atom. The van der Waals surface area contributed by atoms with Gasteiger partial charge in [-0.05, 0) is 48.9 Å². The molecule has 3 saturated carbocycles. The van der Waals surface area contributed by atoms with E-state index in [0.717, 1.165) is 18.8 Å². The Morgan fingerprint density at radius 3 is 2.38 bits per heavy atom. The second-order valence-corrected chi connectivity index (χ2v) is 9.27. The molecule has 122 valence electrons. The van der Waals surface area contributed by atoms with Crippen LogP contribution in [0, 0.1) is 22.7 Å². The minimum Gasteiger partial charge on any atom is -0.404 e. The number of halogens is 1. The highest BCUT2D eigenvalue weighted by atomic mass is 35.5. The zero-order valence-electron chi connectivity index (χ0n) is 14.3. The summed E-state index contributed by atoms with van der Waals surface area (Å²) >= 11 is 0. The van der Waals surface area contributed by atoms with Crippen LogP contribution in [0.3, 0.4) is 0 Å². The maximum absolute atomic E-state index is 6.40. The Balaban J connectivity index is 0.00000161. The molecule has 4 rings (SSSR count). The Morgan fingerprint density at radius 1 is 1.24 bits per heavy atom. The molecule has 21 heavy (non-hydrogen) atoms. The van der Waals surface area contributed by atoms with Crippen molar-refractivity contribution in [1.29, 1.82) is 0 Å². The van der Waals surface area contributed by atoms with Crippen molar-refractivity contribution >= 4 is 19.5 Å². The monoisotopic (exact) mass is 315 g/mol. The summed E-state index contributed by atoms with van der Waals surface area (Å²) < 4.78 is 12.6. The molecule has 1 heterocycles. The van der Waals surface area contributed by atoms with E-state index in [1.807, 2.05) is 0 Å². The van der Waals surface area contributed by atoms with Crippen LogP contribution in [0.2, 0.25) is 0 Å². The third kappa shape index (κ3) is 2.67. The lowest BCUT2D eigenvalue weighted by Crippen LogP contribution is -2.65. The lowest BCUT2D eigenvalue weighted by atomic mass is 9.43. The molecule has 0 unspecified atom stereocenters. The van der Waals surface area contributed by atoms with Crippen LogP contribution in [-0.2, 0) is 9.31 Å². The molecule has 0 aromatic heterocycles. The molecule has 0 spiro atoms. The summed E-state index contributed by atoms with van der Waals surface area (Å²) in [6, 6.07) is 0. The van der Waals surface area contributed by atoms with E-state index in [9.17, 15) is 0 Å². The van der Waals surface area contributed by atoms with Gasteiger partial charge >= 0.3 is 7.12 Å². The van der Waals surface area contributed by atoms with Crippen LogP contribution in [0.25, 0.3) is 0 Å². The smallest absolute Gasteiger partial charge is 0.404 e. The summed E-state index contributed by atoms with van der Waals surface area (Å²) in [6.07, 6.45) is 3.61. The van der Waals surface area contributed by atoms with Crippen molar-refractivity contribution < 1.29 is 9.31 Å². The molecule has 0 aromatic rings. The predicted octanol–water partition coefficient (Wildman–Crippen LogP) is 3.44. The van der Waals surface area contributed by atoms with Crippen LogP contribution in [0.4, 0.5) is 0 Å². The van der Waals surface area contributed by atoms with Crippen molar-refractivity contribution in [3.05, 3.63) is 0 Å². The lowest BCUT2D eigenvalue weighted by molar-refractivity contribution is -0.199. The molecule has 5 heteroatoms. The van der Waals surface area contributed by atoms with Gasteiger partial charge in [-0.15, -0.1) is 12.4 Å². The van der Waals surface area contributed by atoms with Crippen LogP contribution in [-0.4, -0.2) is 24.8 Å². The topological polar surface area (TPSA) is 44.5 Å². The van der Waals surface area contributed by atoms with Crippen molar-refractivity contribution in [2.24, 2.45) is 28.4 Å². The predicted molar refractivity (Wildman–Crippen MR) is 89.4 cm³/mol. The molecule has 0 radical (unpaired) electrons. The Labute approximate surface area is 136 Å². The first-order chi connectivity index (χ1) is 9.04. The molecule has 3 nitrogen and oxygen atoms in total. The number of rotatable bonds is 2. The SMILES string of the molecule is CC(C)(C)C[C@H](N)B1O[C@@H]2C[C@@H]3C[C@@H](C3(C)C)[C@]2(C)O1.Cl.